The molecule has 4 rings (SSSR count). The molecule has 0 unspecified atom stereocenters. The minimum atomic E-state index is -0.520. The van der Waals surface area contributed by atoms with E-state index in [0.29, 0.717) is 17.0 Å². The Morgan fingerprint density at radius 1 is 1.07 bits per heavy atom. The summed E-state index contributed by atoms with van der Waals surface area (Å²) in [5, 5.41) is 0.751. The number of hydrogen-bond acceptors (Lipinski definition) is 4. The summed E-state index contributed by atoms with van der Waals surface area (Å²) in [6.45, 7) is -0.362. The molecule has 0 fully saturated rings. The van der Waals surface area contributed by atoms with Crippen LogP contribution in [0.4, 0.5) is 5.69 Å². The van der Waals surface area contributed by atoms with E-state index in [0.717, 1.165) is 10.9 Å². The standard InChI is InChI=1S/C19H16N4O4/c24-17(10-23-15-7-3-4-8-16(15)27-11-18(23)25)21-22-19(26)13-9-20-14-6-2-1-5-12(13)14/h1-9,20H,10-11H2,(H,21,24)(H,22,26). The van der Waals surface area contributed by atoms with Gasteiger partial charge in [-0.25, -0.2) is 0 Å². The monoisotopic (exact) mass is 364 g/mol. The van der Waals surface area contributed by atoms with E-state index in [2.05, 4.69) is 15.8 Å². The van der Waals surface area contributed by atoms with Gasteiger partial charge in [-0.05, 0) is 18.2 Å². The predicted octanol–water partition coefficient (Wildman–Crippen LogP) is 1.35. The zero-order chi connectivity index (χ0) is 18.8. The molecule has 136 valence electrons. The largest absolute Gasteiger partial charge is 0.482 e. The van der Waals surface area contributed by atoms with Gasteiger partial charge in [-0.15, -0.1) is 0 Å². The molecule has 0 aliphatic carbocycles. The molecule has 0 saturated carbocycles. The Hall–Kier alpha value is -3.81. The highest BCUT2D eigenvalue weighted by Crippen LogP contribution is 2.31. The maximum Gasteiger partial charge on any atom is 0.271 e. The lowest BCUT2D eigenvalue weighted by atomic mass is 10.2. The van der Waals surface area contributed by atoms with Crippen LogP contribution in [0.25, 0.3) is 10.9 Å². The normalized spacial score (nSPS) is 13.0. The number of hydrazine groups is 1. The topological polar surface area (TPSA) is 104 Å². The smallest absolute Gasteiger partial charge is 0.271 e. The molecule has 2 heterocycles. The second-order valence-electron chi connectivity index (χ2n) is 5.99. The van der Waals surface area contributed by atoms with Crippen LogP contribution in [-0.2, 0) is 9.59 Å². The van der Waals surface area contributed by atoms with Gasteiger partial charge in [0, 0.05) is 17.1 Å². The summed E-state index contributed by atoms with van der Waals surface area (Å²) < 4.78 is 5.34. The van der Waals surface area contributed by atoms with Gasteiger partial charge in [0.15, 0.2) is 6.61 Å². The van der Waals surface area contributed by atoms with Crippen LogP contribution >= 0.6 is 0 Å². The van der Waals surface area contributed by atoms with Gasteiger partial charge in [-0.3, -0.25) is 30.1 Å². The number of carbonyl (C=O) groups excluding carboxylic acids is 3. The molecule has 0 spiro atoms. The Labute approximate surface area is 154 Å². The Kier molecular flexibility index (Phi) is 4.21. The number of amides is 3. The van der Waals surface area contributed by atoms with Crippen molar-refractivity contribution in [2.24, 2.45) is 0 Å². The van der Waals surface area contributed by atoms with Gasteiger partial charge in [0.05, 0.1) is 11.3 Å². The molecule has 3 aromatic rings. The minimum absolute atomic E-state index is 0.133. The summed E-state index contributed by atoms with van der Waals surface area (Å²) in [6, 6.07) is 14.3. The van der Waals surface area contributed by atoms with Crippen LogP contribution in [0.15, 0.2) is 54.7 Å². The Morgan fingerprint density at radius 2 is 1.85 bits per heavy atom. The van der Waals surface area contributed by atoms with E-state index in [1.54, 1.807) is 30.5 Å². The maximum atomic E-state index is 12.3. The number of benzene rings is 2. The number of ether oxygens (including phenoxy) is 1. The number of carbonyl (C=O) groups is 3. The van der Waals surface area contributed by atoms with Gasteiger partial charge in [0.25, 0.3) is 17.7 Å². The lowest BCUT2D eigenvalue weighted by Crippen LogP contribution is -2.49. The van der Waals surface area contributed by atoms with Gasteiger partial charge in [-0.1, -0.05) is 30.3 Å². The van der Waals surface area contributed by atoms with E-state index in [1.807, 2.05) is 24.3 Å². The van der Waals surface area contributed by atoms with Crippen LogP contribution in [0, 0.1) is 0 Å². The summed E-state index contributed by atoms with van der Waals surface area (Å²) in [5.41, 5.74) is 6.48. The van der Waals surface area contributed by atoms with Crippen LogP contribution < -0.4 is 20.5 Å². The van der Waals surface area contributed by atoms with Crippen molar-refractivity contribution in [1.29, 1.82) is 0 Å². The highest BCUT2D eigenvalue weighted by atomic mass is 16.5. The van der Waals surface area contributed by atoms with Crippen molar-refractivity contribution < 1.29 is 19.1 Å². The first-order valence-corrected chi connectivity index (χ1v) is 8.31. The number of fused-ring (bicyclic) bond motifs is 2. The van der Waals surface area contributed by atoms with Gasteiger partial charge >= 0.3 is 0 Å². The highest BCUT2D eigenvalue weighted by Gasteiger charge is 2.27. The molecule has 27 heavy (non-hydrogen) atoms. The zero-order valence-electron chi connectivity index (χ0n) is 14.2. The van der Waals surface area contributed by atoms with E-state index in [1.165, 1.54) is 4.90 Å². The number of anilines is 1. The number of para-hydroxylation sites is 3. The molecule has 8 heteroatoms. The highest BCUT2D eigenvalue weighted by molar-refractivity contribution is 6.07. The molecule has 0 saturated heterocycles. The van der Waals surface area contributed by atoms with Crippen LogP contribution in [0.3, 0.4) is 0 Å². The Bertz CT molecular complexity index is 1040. The van der Waals surface area contributed by atoms with Crippen LogP contribution in [0.1, 0.15) is 10.4 Å². The predicted molar refractivity (Wildman–Crippen MR) is 98.2 cm³/mol. The van der Waals surface area contributed by atoms with Gasteiger partial charge < -0.3 is 9.72 Å². The van der Waals surface area contributed by atoms with Crippen LogP contribution in [0.5, 0.6) is 5.75 Å². The molecular weight excluding hydrogens is 348 g/mol. The third-order valence-electron chi connectivity index (χ3n) is 4.26. The fourth-order valence-electron chi connectivity index (χ4n) is 2.96. The number of aromatic nitrogens is 1. The lowest BCUT2D eigenvalue weighted by Gasteiger charge is -2.28. The molecule has 0 radical (unpaired) electrons. The van der Waals surface area contributed by atoms with Gasteiger partial charge in [-0.2, -0.15) is 0 Å². The van der Waals surface area contributed by atoms with Crippen molar-refractivity contribution in [3.05, 3.63) is 60.3 Å². The molecular formula is C19H16N4O4. The minimum Gasteiger partial charge on any atom is -0.482 e. The molecule has 0 bridgehead atoms. The average Bonchev–Trinajstić information content (AvgIpc) is 3.12. The number of nitrogens with zero attached hydrogens (tertiary/aromatic N) is 1. The van der Waals surface area contributed by atoms with Crippen molar-refractivity contribution in [1.82, 2.24) is 15.8 Å². The molecule has 3 N–H and O–H groups in total. The average molecular weight is 364 g/mol. The summed E-state index contributed by atoms with van der Waals surface area (Å²) >= 11 is 0. The number of rotatable bonds is 3. The molecule has 2 aromatic carbocycles. The van der Waals surface area contributed by atoms with E-state index in [-0.39, 0.29) is 19.1 Å². The molecule has 8 nitrogen and oxygen atoms in total. The summed E-state index contributed by atoms with van der Waals surface area (Å²) in [6.07, 6.45) is 1.58. The van der Waals surface area contributed by atoms with Crippen molar-refractivity contribution in [2.75, 3.05) is 18.1 Å². The third kappa shape index (κ3) is 3.20. The SMILES string of the molecule is O=C(CN1C(=O)COc2ccccc21)NNC(=O)c1c[nH]c2ccccc12. The Morgan fingerprint density at radius 3 is 2.74 bits per heavy atom. The summed E-state index contributed by atoms with van der Waals surface area (Å²) in [7, 11) is 0. The third-order valence-corrected chi connectivity index (χ3v) is 4.26. The fourth-order valence-corrected chi connectivity index (χ4v) is 2.96. The van der Waals surface area contributed by atoms with Crippen molar-refractivity contribution >= 4 is 34.3 Å². The molecule has 3 amide bonds. The van der Waals surface area contributed by atoms with E-state index in [4.69, 9.17) is 4.74 Å². The van der Waals surface area contributed by atoms with Crippen LogP contribution in [0.2, 0.25) is 0 Å². The van der Waals surface area contributed by atoms with E-state index >= 15 is 0 Å². The lowest BCUT2D eigenvalue weighted by molar-refractivity contribution is -0.125. The molecule has 1 aliphatic heterocycles. The zero-order valence-corrected chi connectivity index (χ0v) is 14.2. The summed E-state index contributed by atoms with van der Waals surface area (Å²) in [4.78, 5) is 41.0. The van der Waals surface area contributed by atoms with Gasteiger partial charge in [0.1, 0.15) is 12.3 Å². The van der Waals surface area contributed by atoms with E-state index < -0.39 is 11.8 Å². The summed E-state index contributed by atoms with van der Waals surface area (Å²) in [5.74, 6) is -0.762. The number of nitrogens with one attached hydrogen (secondary N) is 3. The number of hydrogen-bond donors (Lipinski definition) is 3. The fraction of sp³-hybridized carbons (Fsp3) is 0.105. The van der Waals surface area contributed by atoms with Gasteiger partial charge in [0.2, 0.25) is 0 Å². The first kappa shape index (κ1) is 16.6. The maximum absolute atomic E-state index is 12.3. The second-order valence-corrected chi connectivity index (χ2v) is 5.99. The Balaban J connectivity index is 1.41. The molecule has 1 aliphatic rings. The van der Waals surface area contributed by atoms with E-state index in [9.17, 15) is 14.4 Å². The molecule has 1 aromatic heterocycles. The molecule has 0 atom stereocenters. The van der Waals surface area contributed by atoms with Crippen molar-refractivity contribution in [3.8, 4) is 5.75 Å². The van der Waals surface area contributed by atoms with Crippen molar-refractivity contribution in [3.63, 3.8) is 0 Å². The number of aromatic amines is 1. The number of H-pyrrole nitrogens is 1. The second kappa shape index (κ2) is 6.83. The van der Waals surface area contributed by atoms with Crippen molar-refractivity contribution in [2.45, 2.75) is 0 Å². The first-order valence-electron chi connectivity index (χ1n) is 8.31. The quantitative estimate of drug-likeness (QED) is 0.611. The first-order chi connectivity index (χ1) is 13.1. The van der Waals surface area contributed by atoms with Crippen LogP contribution in [-0.4, -0.2) is 35.9 Å².